The number of hydrogen-bond acceptors (Lipinski definition) is 3. The first kappa shape index (κ1) is 6.01. The molecule has 0 atom stereocenters. The van der Waals surface area contributed by atoms with E-state index in [9.17, 15) is 0 Å². The van der Waals surface area contributed by atoms with Crippen LogP contribution in [-0.2, 0) is 9.47 Å². The molecule has 0 spiro atoms. The Morgan fingerprint density at radius 2 is 2.00 bits per heavy atom. The standard InChI is InChI=1S/C5H9NO2/c1-7-5(8-2)3-4-6-5/h6H,4H2,1-2H3. The second-order valence-corrected chi connectivity index (χ2v) is 1.56. The molecule has 1 heterocycles. The number of hydrogen-bond donors (Lipinski definition) is 1. The van der Waals surface area contributed by atoms with E-state index in [0.717, 1.165) is 6.54 Å². The molecule has 1 aliphatic heterocycles. The van der Waals surface area contributed by atoms with Gasteiger partial charge in [0.1, 0.15) is 0 Å². The molecule has 0 saturated carbocycles. The van der Waals surface area contributed by atoms with Gasteiger partial charge in [0.25, 0.3) is 0 Å². The fraction of sp³-hybridized carbons (Fsp3) is 0.800. The van der Waals surface area contributed by atoms with Crippen LogP contribution >= 0.6 is 0 Å². The van der Waals surface area contributed by atoms with Crippen molar-refractivity contribution in [3.63, 3.8) is 0 Å². The third kappa shape index (κ3) is 0.727. The molecule has 0 aliphatic carbocycles. The monoisotopic (exact) mass is 115 g/mol. The molecule has 1 rings (SSSR count). The van der Waals surface area contributed by atoms with Gasteiger partial charge in [0.2, 0.25) is 5.91 Å². The molecular weight excluding hydrogens is 106 g/mol. The molecule has 8 heavy (non-hydrogen) atoms. The molecule has 0 bridgehead atoms. The van der Waals surface area contributed by atoms with E-state index in [1.165, 1.54) is 0 Å². The summed E-state index contributed by atoms with van der Waals surface area (Å²) in [6.07, 6.45) is 2.90. The van der Waals surface area contributed by atoms with Crippen molar-refractivity contribution in [1.82, 2.24) is 5.32 Å². The summed E-state index contributed by atoms with van der Waals surface area (Å²) in [5.41, 5.74) is 0. The number of methoxy groups -OCH3 is 2. The molecule has 1 aliphatic rings. The lowest BCUT2D eigenvalue weighted by Crippen LogP contribution is -2.60. The molecule has 1 fully saturated rings. The van der Waals surface area contributed by atoms with E-state index in [1.807, 2.05) is 0 Å². The number of rotatable bonds is 2. The van der Waals surface area contributed by atoms with Gasteiger partial charge in [-0.1, -0.05) is 0 Å². The Bertz CT molecular complexity index is 67.0. The molecule has 1 N–H and O–H groups in total. The minimum atomic E-state index is -0.694. The van der Waals surface area contributed by atoms with Gasteiger partial charge in [0, 0.05) is 20.8 Å². The fourth-order valence-electron chi connectivity index (χ4n) is 0.605. The molecule has 0 amide bonds. The zero-order valence-electron chi connectivity index (χ0n) is 5.02. The van der Waals surface area contributed by atoms with Gasteiger partial charge in [-0.25, -0.2) is 0 Å². The molecule has 0 aromatic heterocycles. The Morgan fingerprint density at radius 1 is 1.50 bits per heavy atom. The Morgan fingerprint density at radius 3 is 2.00 bits per heavy atom. The lowest BCUT2D eigenvalue weighted by atomic mass is 10.2. The molecule has 0 unspecified atom stereocenters. The van der Waals surface area contributed by atoms with Crippen LogP contribution < -0.4 is 5.32 Å². The summed E-state index contributed by atoms with van der Waals surface area (Å²) in [7, 11) is 3.14. The zero-order valence-corrected chi connectivity index (χ0v) is 5.02. The van der Waals surface area contributed by atoms with Gasteiger partial charge in [-0.3, -0.25) is 5.32 Å². The lowest BCUT2D eigenvalue weighted by molar-refractivity contribution is -0.229. The quantitative estimate of drug-likeness (QED) is 0.497. The van der Waals surface area contributed by atoms with Crippen molar-refractivity contribution >= 4 is 0 Å². The van der Waals surface area contributed by atoms with Gasteiger partial charge in [-0.05, 0) is 0 Å². The Kier molecular flexibility index (Phi) is 1.51. The fourth-order valence-corrected chi connectivity index (χ4v) is 0.605. The van der Waals surface area contributed by atoms with Crippen LogP contribution in [0.25, 0.3) is 0 Å². The predicted molar refractivity (Wildman–Crippen MR) is 28.0 cm³/mol. The highest BCUT2D eigenvalue weighted by atomic mass is 16.7. The first-order valence-electron chi connectivity index (χ1n) is 2.43. The van der Waals surface area contributed by atoms with Gasteiger partial charge in [0.15, 0.2) is 0 Å². The maximum Gasteiger partial charge on any atom is 0.235 e. The third-order valence-electron chi connectivity index (χ3n) is 1.22. The lowest BCUT2D eigenvalue weighted by Gasteiger charge is -2.38. The van der Waals surface area contributed by atoms with E-state index < -0.39 is 5.91 Å². The Labute approximate surface area is 49.0 Å². The van der Waals surface area contributed by atoms with Crippen molar-refractivity contribution in [2.45, 2.75) is 5.91 Å². The molecular formula is C5H9NO2. The van der Waals surface area contributed by atoms with Crippen LogP contribution in [0.3, 0.4) is 0 Å². The number of nitrogens with one attached hydrogen (secondary N) is 1. The molecule has 3 nitrogen and oxygen atoms in total. The van der Waals surface area contributed by atoms with E-state index >= 15 is 0 Å². The number of ether oxygens (including phenoxy) is 2. The van der Waals surface area contributed by atoms with E-state index in [0.29, 0.717) is 0 Å². The van der Waals surface area contributed by atoms with Crippen LogP contribution in [0.1, 0.15) is 0 Å². The van der Waals surface area contributed by atoms with Crippen LogP contribution in [0, 0.1) is 6.42 Å². The van der Waals surface area contributed by atoms with Crippen LogP contribution in [-0.4, -0.2) is 26.7 Å². The first-order chi connectivity index (χ1) is 3.83. The molecule has 1 saturated heterocycles. The van der Waals surface area contributed by atoms with Gasteiger partial charge < -0.3 is 9.47 Å². The molecule has 3 heteroatoms. The minimum Gasteiger partial charge on any atom is -0.340 e. The van der Waals surface area contributed by atoms with Crippen LogP contribution in [0.2, 0.25) is 0 Å². The van der Waals surface area contributed by atoms with Crippen molar-refractivity contribution in [3.8, 4) is 0 Å². The summed E-state index contributed by atoms with van der Waals surface area (Å²) in [5.74, 6) is -0.694. The Hall–Kier alpha value is -0.120. The normalized spacial score (nSPS) is 24.8. The SMILES string of the molecule is COC1(OC)[C]CN1. The first-order valence-corrected chi connectivity index (χ1v) is 2.43. The molecule has 0 aromatic carbocycles. The highest BCUT2D eigenvalue weighted by molar-refractivity contribution is 4.96. The van der Waals surface area contributed by atoms with E-state index in [2.05, 4.69) is 11.7 Å². The summed E-state index contributed by atoms with van der Waals surface area (Å²) in [5, 5.41) is 2.90. The average Bonchev–Trinajstić information content (AvgIpc) is 1.67. The van der Waals surface area contributed by atoms with Crippen molar-refractivity contribution in [2.24, 2.45) is 0 Å². The van der Waals surface area contributed by atoms with Crippen molar-refractivity contribution in [3.05, 3.63) is 6.42 Å². The van der Waals surface area contributed by atoms with Gasteiger partial charge in [0.05, 0.1) is 6.42 Å². The molecule has 0 aromatic rings. The van der Waals surface area contributed by atoms with E-state index in [1.54, 1.807) is 14.2 Å². The largest absolute Gasteiger partial charge is 0.340 e. The topological polar surface area (TPSA) is 30.5 Å². The minimum absolute atomic E-state index is 0.694. The second kappa shape index (κ2) is 2.01. The van der Waals surface area contributed by atoms with Crippen molar-refractivity contribution in [2.75, 3.05) is 20.8 Å². The smallest absolute Gasteiger partial charge is 0.235 e. The highest BCUT2D eigenvalue weighted by Crippen LogP contribution is 2.17. The average molecular weight is 115 g/mol. The van der Waals surface area contributed by atoms with Crippen LogP contribution in [0.5, 0.6) is 0 Å². The van der Waals surface area contributed by atoms with E-state index in [-0.39, 0.29) is 0 Å². The second-order valence-electron chi connectivity index (χ2n) is 1.56. The zero-order chi connectivity index (χ0) is 6.04. The van der Waals surface area contributed by atoms with Gasteiger partial charge in [-0.15, -0.1) is 0 Å². The Balaban J connectivity index is 2.33. The van der Waals surface area contributed by atoms with Gasteiger partial charge >= 0.3 is 0 Å². The third-order valence-corrected chi connectivity index (χ3v) is 1.22. The summed E-state index contributed by atoms with van der Waals surface area (Å²) in [4.78, 5) is 0. The summed E-state index contributed by atoms with van der Waals surface area (Å²) < 4.78 is 9.76. The van der Waals surface area contributed by atoms with Crippen LogP contribution in [0.4, 0.5) is 0 Å². The molecule has 46 valence electrons. The van der Waals surface area contributed by atoms with Crippen LogP contribution in [0.15, 0.2) is 0 Å². The molecule has 2 radical (unpaired) electrons. The highest BCUT2D eigenvalue weighted by Gasteiger charge is 2.37. The maximum atomic E-state index is 4.88. The van der Waals surface area contributed by atoms with Crippen molar-refractivity contribution < 1.29 is 9.47 Å². The van der Waals surface area contributed by atoms with E-state index in [4.69, 9.17) is 9.47 Å². The van der Waals surface area contributed by atoms with Crippen molar-refractivity contribution in [1.29, 1.82) is 0 Å². The summed E-state index contributed by atoms with van der Waals surface area (Å²) in [6, 6.07) is 0. The van der Waals surface area contributed by atoms with Gasteiger partial charge in [-0.2, -0.15) is 0 Å². The summed E-state index contributed by atoms with van der Waals surface area (Å²) in [6.45, 7) is 0.738. The summed E-state index contributed by atoms with van der Waals surface area (Å²) >= 11 is 0. The maximum absolute atomic E-state index is 4.88. The predicted octanol–water partition coefficient (Wildman–Crippen LogP) is -0.383.